The van der Waals surface area contributed by atoms with Crippen LogP contribution in [0.5, 0.6) is 11.5 Å². The van der Waals surface area contributed by atoms with Crippen molar-refractivity contribution in [2.45, 2.75) is 13.5 Å². The number of aromatic nitrogens is 1. The third-order valence-electron chi connectivity index (χ3n) is 3.77. The fourth-order valence-electron chi connectivity index (χ4n) is 2.58. The minimum absolute atomic E-state index is 0.156. The van der Waals surface area contributed by atoms with E-state index in [1.165, 1.54) is 0 Å². The Labute approximate surface area is 146 Å². The normalized spacial score (nSPS) is 10.5. The van der Waals surface area contributed by atoms with Gasteiger partial charge in [0, 0.05) is 17.1 Å². The number of carbonyl (C=O) groups is 1. The molecule has 0 N–H and O–H groups in total. The lowest BCUT2D eigenvalue weighted by Gasteiger charge is -2.11. The Bertz CT molecular complexity index is 887. The van der Waals surface area contributed by atoms with E-state index >= 15 is 0 Å². The van der Waals surface area contributed by atoms with Crippen LogP contribution in [0.25, 0.3) is 10.9 Å². The van der Waals surface area contributed by atoms with Gasteiger partial charge in [-0.2, -0.15) is 0 Å². The van der Waals surface area contributed by atoms with Gasteiger partial charge in [0.2, 0.25) is 0 Å². The number of rotatable bonds is 6. The zero-order chi connectivity index (χ0) is 17.6. The summed E-state index contributed by atoms with van der Waals surface area (Å²) in [6, 6.07) is 14.6. The molecule has 3 aromatic rings. The van der Waals surface area contributed by atoms with Crippen LogP contribution in [0.1, 0.15) is 22.8 Å². The number of carbonyl (C=O) groups excluding carboxylic acids is 1. The maximum absolute atomic E-state index is 12.4. The van der Waals surface area contributed by atoms with E-state index in [1.54, 1.807) is 31.5 Å². The van der Waals surface area contributed by atoms with E-state index in [0.29, 0.717) is 23.7 Å². The Kier molecular flexibility index (Phi) is 5.14. The van der Waals surface area contributed by atoms with Crippen LogP contribution in [0.4, 0.5) is 0 Å². The minimum atomic E-state index is -0.420. The molecule has 0 saturated heterocycles. The molecule has 0 saturated carbocycles. The van der Waals surface area contributed by atoms with Gasteiger partial charge in [-0.15, -0.1) is 0 Å². The Hall–Kier alpha value is -3.08. The first-order valence-electron chi connectivity index (χ1n) is 8.03. The maximum Gasteiger partial charge on any atom is 0.338 e. The number of pyridine rings is 1. The number of hydrogen-bond donors (Lipinski definition) is 0. The fourth-order valence-corrected chi connectivity index (χ4v) is 2.58. The van der Waals surface area contributed by atoms with Crippen molar-refractivity contribution in [1.82, 2.24) is 4.98 Å². The van der Waals surface area contributed by atoms with Crippen LogP contribution in [-0.4, -0.2) is 24.7 Å². The Morgan fingerprint density at radius 2 is 1.92 bits per heavy atom. The molecular formula is C20H19NO4. The Morgan fingerprint density at radius 1 is 1.08 bits per heavy atom. The van der Waals surface area contributed by atoms with Crippen molar-refractivity contribution in [1.29, 1.82) is 0 Å². The van der Waals surface area contributed by atoms with E-state index in [2.05, 4.69) is 4.98 Å². The largest absolute Gasteiger partial charge is 0.493 e. The van der Waals surface area contributed by atoms with Crippen LogP contribution < -0.4 is 9.47 Å². The van der Waals surface area contributed by atoms with Crippen molar-refractivity contribution < 1.29 is 19.0 Å². The SMILES string of the molecule is CCOc1cc(C(=O)OCc2cccc3cccnc23)ccc1OC. The van der Waals surface area contributed by atoms with Crippen molar-refractivity contribution in [3.63, 3.8) is 0 Å². The van der Waals surface area contributed by atoms with Gasteiger partial charge in [0.15, 0.2) is 11.5 Å². The second kappa shape index (κ2) is 7.66. The van der Waals surface area contributed by atoms with Gasteiger partial charge < -0.3 is 14.2 Å². The summed E-state index contributed by atoms with van der Waals surface area (Å²) in [5.41, 5.74) is 2.12. The van der Waals surface area contributed by atoms with Gasteiger partial charge in [0.05, 0.1) is 24.8 Å². The van der Waals surface area contributed by atoms with Crippen LogP contribution in [0.2, 0.25) is 0 Å². The molecule has 1 heterocycles. The molecule has 0 radical (unpaired) electrons. The van der Waals surface area contributed by atoms with Crippen molar-refractivity contribution in [2.75, 3.05) is 13.7 Å². The quantitative estimate of drug-likeness (QED) is 0.636. The highest BCUT2D eigenvalue weighted by Crippen LogP contribution is 2.28. The molecule has 2 aromatic carbocycles. The van der Waals surface area contributed by atoms with Gasteiger partial charge >= 0.3 is 5.97 Å². The number of ether oxygens (including phenoxy) is 3. The first kappa shape index (κ1) is 16.8. The van der Waals surface area contributed by atoms with Crippen molar-refractivity contribution in [3.8, 4) is 11.5 Å². The summed E-state index contributed by atoms with van der Waals surface area (Å²) in [5, 5.41) is 1.01. The second-order valence-corrected chi connectivity index (χ2v) is 5.37. The average Bonchev–Trinajstić information content (AvgIpc) is 2.66. The number of para-hydroxylation sites is 1. The fraction of sp³-hybridized carbons (Fsp3) is 0.200. The van der Waals surface area contributed by atoms with Crippen LogP contribution >= 0.6 is 0 Å². The number of methoxy groups -OCH3 is 1. The minimum Gasteiger partial charge on any atom is -0.493 e. The molecule has 0 aliphatic heterocycles. The summed E-state index contributed by atoms with van der Waals surface area (Å²) in [6.07, 6.45) is 1.73. The molecular weight excluding hydrogens is 318 g/mol. The zero-order valence-corrected chi connectivity index (χ0v) is 14.2. The molecule has 5 nitrogen and oxygen atoms in total. The smallest absolute Gasteiger partial charge is 0.338 e. The molecule has 0 aliphatic carbocycles. The Balaban J connectivity index is 1.77. The molecule has 0 fully saturated rings. The summed E-state index contributed by atoms with van der Waals surface area (Å²) in [6.45, 7) is 2.51. The highest BCUT2D eigenvalue weighted by atomic mass is 16.5. The van der Waals surface area contributed by atoms with E-state index in [1.807, 2.05) is 37.3 Å². The van der Waals surface area contributed by atoms with Gasteiger partial charge in [-0.1, -0.05) is 24.3 Å². The molecule has 0 unspecified atom stereocenters. The molecule has 0 bridgehead atoms. The standard InChI is InChI=1S/C20H19NO4/c1-3-24-18-12-15(9-10-17(18)23-2)20(22)25-13-16-7-4-6-14-8-5-11-21-19(14)16/h4-12H,3,13H2,1-2H3. The molecule has 1 aromatic heterocycles. The summed E-state index contributed by atoms with van der Waals surface area (Å²) < 4.78 is 16.2. The number of hydrogen-bond acceptors (Lipinski definition) is 5. The van der Waals surface area contributed by atoms with Crippen LogP contribution in [0, 0.1) is 0 Å². The summed E-state index contributed by atoms with van der Waals surface area (Å²) in [7, 11) is 1.56. The van der Waals surface area contributed by atoms with Crippen molar-refractivity contribution in [3.05, 3.63) is 65.9 Å². The van der Waals surface area contributed by atoms with Gasteiger partial charge in [-0.25, -0.2) is 4.79 Å². The monoisotopic (exact) mass is 337 g/mol. The molecule has 0 spiro atoms. The van der Waals surface area contributed by atoms with E-state index in [4.69, 9.17) is 14.2 Å². The van der Waals surface area contributed by atoms with Crippen molar-refractivity contribution >= 4 is 16.9 Å². The van der Waals surface area contributed by atoms with Crippen LogP contribution in [-0.2, 0) is 11.3 Å². The summed E-state index contributed by atoms with van der Waals surface area (Å²) >= 11 is 0. The molecule has 25 heavy (non-hydrogen) atoms. The maximum atomic E-state index is 12.4. The zero-order valence-electron chi connectivity index (χ0n) is 14.2. The molecule has 0 aliphatic rings. The van der Waals surface area contributed by atoms with Crippen LogP contribution in [0.3, 0.4) is 0 Å². The summed E-state index contributed by atoms with van der Waals surface area (Å²) in [4.78, 5) is 16.7. The number of benzene rings is 2. The van der Waals surface area contributed by atoms with E-state index in [-0.39, 0.29) is 6.61 Å². The van der Waals surface area contributed by atoms with Crippen molar-refractivity contribution in [2.24, 2.45) is 0 Å². The molecule has 128 valence electrons. The third-order valence-corrected chi connectivity index (χ3v) is 3.77. The highest BCUT2D eigenvalue weighted by molar-refractivity contribution is 5.90. The molecule has 3 rings (SSSR count). The first-order chi connectivity index (χ1) is 12.2. The first-order valence-corrected chi connectivity index (χ1v) is 8.03. The molecule has 0 atom stereocenters. The predicted octanol–water partition coefficient (Wildman–Crippen LogP) is 4.00. The number of nitrogens with zero attached hydrogens (tertiary/aromatic N) is 1. The lowest BCUT2D eigenvalue weighted by molar-refractivity contribution is 0.0473. The molecule has 0 amide bonds. The van der Waals surface area contributed by atoms with Gasteiger partial charge in [0.25, 0.3) is 0 Å². The lowest BCUT2D eigenvalue weighted by atomic mass is 10.1. The molecule has 5 heteroatoms. The number of fused-ring (bicyclic) bond motifs is 1. The number of esters is 1. The van der Waals surface area contributed by atoms with Crippen LogP contribution in [0.15, 0.2) is 54.7 Å². The summed E-state index contributed by atoms with van der Waals surface area (Å²) in [5.74, 6) is 0.680. The predicted molar refractivity (Wildman–Crippen MR) is 95.0 cm³/mol. The van der Waals surface area contributed by atoms with E-state index < -0.39 is 5.97 Å². The lowest BCUT2D eigenvalue weighted by Crippen LogP contribution is -2.07. The van der Waals surface area contributed by atoms with Gasteiger partial charge in [-0.05, 0) is 31.2 Å². The van der Waals surface area contributed by atoms with E-state index in [0.717, 1.165) is 16.5 Å². The topological polar surface area (TPSA) is 57.7 Å². The Morgan fingerprint density at radius 3 is 2.72 bits per heavy atom. The average molecular weight is 337 g/mol. The second-order valence-electron chi connectivity index (χ2n) is 5.37. The van der Waals surface area contributed by atoms with Gasteiger partial charge in [0.1, 0.15) is 6.61 Å². The third kappa shape index (κ3) is 3.71. The van der Waals surface area contributed by atoms with Gasteiger partial charge in [-0.3, -0.25) is 4.98 Å². The highest BCUT2D eigenvalue weighted by Gasteiger charge is 2.13. The van der Waals surface area contributed by atoms with E-state index in [9.17, 15) is 4.79 Å².